The zero-order valence-corrected chi connectivity index (χ0v) is 16.8. The van der Waals surface area contributed by atoms with Crippen molar-refractivity contribution in [1.29, 1.82) is 0 Å². The average molecular weight is 377 g/mol. The number of carbonyl (C=O) groups excluding carboxylic acids is 2. The van der Waals surface area contributed by atoms with Gasteiger partial charge in [-0.25, -0.2) is 9.59 Å². The lowest BCUT2D eigenvalue weighted by Crippen LogP contribution is -2.41. The van der Waals surface area contributed by atoms with Gasteiger partial charge in [0.25, 0.3) is 0 Å². The van der Waals surface area contributed by atoms with Gasteiger partial charge >= 0.3 is 12.1 Å². The molecule has 1 aromatic carbocycles. The highest BCUT2D eigenvalue weighted by Crippen LogP contribution is 2.18. The Morgan fingerprint density at radius 1 is 1.30 bits per heavy atom. The van der Waals surface area contributed by atoms with Gasteiger partial charge in [0.1, 0.15) is 0 Å². The Labute approximate surface area is 162 Å². The average Bonchev–Trinajstić information content (AvgIpc) is 2.60. The second-order valence-electron chi connectivity index (χ2n) is 7.78. The number of ether oxygens (including phenoxy) is 1. The number of rotatable bonds is 6. The molecular formula is C20H32N4O3. The molecule has 27 heavy (non-hydrogen) atoms. The van der Waals surface area contributed by atoms with Crippen LogP contribution in [-0.4, -0.2) is 62.3 Å². The van der Waals surface area contributed by atoms with Crippen LogP contribution in [0.3, 0.4) is 0 Å². The van der Waals surface area contributed by atoms with Gasteiger partial charge in [0.15, 0.2) is 0 Å². The number of hydrogen-bond acceptors (Lipinski definition) is 4. The van der Waals surface area contributed by atoms with Crippen LogP contribution in [0.1, 0.15) is 26.7 Å². The molecule has 0 saturated carbocycles. The Morgan fingerprint density at radius 2 is 2.00 bits per heavy atom. The Morgan fingerprint density at radius 3 is 2.67 bits per heavy atom. The number of amides is 3. The Bertz CT molecular complexity index is 635. The first-order valence-corrected chi connectivity index (χ1v) is 9.58. The quantitative estimate of drug-likeness (QED) is 0.794. The van der Waals surface area contributed by atoms with Crippen LogP contribution in [0.25, 0.3) is 0 Å². The number of urea groups is 1. The highest BCUT2D eigenvalue weighted by Gasteiger charge is 2.20. The van der Waals surface area contributed by atoms with E-state index in [1.807, 2.05) is 20.9 Å². The van der Waals surface area contributed by atoms with E-state index in [2.05, 4.69) is 22.6 Å². The second-order valence-corrected chi connectivity index (χ2v) is 7.78. The lowest BCUT2D eigenvalue weighted by molar-refractivity contribution is 0.147. The van der Waals surface area contributed by atoms with Gasteiger partial charge in [0.2, 0.25) is 0 Å². The number of hydrogen-bond donors (Lipinski definition) is 2. The second kappa shape index (κ2) is 10.2. The first kappa shape index (κ1) is 21.0. The summed E-state index contributed by atoms with van der Waals surface area (Å²) in [5.74, 6) is 0.782. The van der Waals surface area contributed by atoms with Crippen LogP contribution in [0.5, 0.6) is 0 Å². The van der Waals surface area contributed by atoms with Crippen molar-refractivity contribution >= 4 is 23.5 Å². The third-order valence-corrected chi connectivity index (χ3v) is 4.51. The molecule has 7 nitrogen and oxygen atoms in total. The van der Waals surface area contributed by atoms with Gasteiger partial charge in [0.05, 0.1) is 6.61 Å². The predicted molar refractivity (Wildman–Crippen MR) is 108 cm³/mol. The SMILES string of the molecule is CC(C)COC(=O)Nc1cccc(NC(=O)N(C)CC2CCCN(C)C2)c1. The van der Waals surface area contributed by atoms with Gasteiger partial charge in [-0.05, 0) is 56.5 Å². The third-order valence-electron chi connectivity index (χ3n) is 4.51. The molecule has 0 aromatic heterocycles. The summed E-state index contributed by atoms with van der Waals surface area (Å²) in [6.45, 7) is 7.21. The van der Waals surface area contributed by atoms with Crippen molar-refractivity contribution in [1.82, 2.24) is 9.80 Å². The Kier molecular flexibility index (Phi) is 7.91. The van der Waals surface area contributed by atoms with Gasteiger partial charge in [-0.2, -0.15) is 0 Å². The molecule has 0 spiro atoms. The van der Waals surface area contributed by atoms with E-state index in [1.54, 1.807) is 29.2 Å². The molecular weight excluding hydrogens is 344 g/mol. The summed E-state index contributed by atoms with van der Waals surface area (Å²) in [6, 6.07) is 6.90. The fourth-order valence-electron chi connectivity index (χ4n) is 3.18. The molecule has 1 unspecified atom stereocenters. The van der Waals surface area contributed by atoms with Gasteiger partial charge in [-0.1, -0.05) is 19.9 Å². The lowest BCUT2D eigenvalue weighted by Gasteiger charge is -2.32. The molecule has 3 amide bonds. The minimum atomic E-state index is -0.495. The molecule has 1 atom stereocenters. The number of nitrogens with one attached hydrogen (secondary N) is 2. The van der Waals surface area contributed by atoms with Crippen molar-refractivity contribution in [2.24, 2.45) is 11.8 Å². The van der Waals surface area contributed by atoms with E-state index >= 15 is 0 Å². The van der Waals surface area contributed by atoms with Crippen molar-refractivity contribution in [3.8, 4) is 0 Å². The lowest BCUT2D eigenvalue weighted by atomic mass is 9.98. The van der Waals surface area contributed by atoms with Crippen molar-refractivity contribution in [3.63, 3.8) is 0 Å². The largest absolute Gasteiger partial charge is 0.449 e. The maximum atomic E-state index is 12.5. The standard InChI is InChI=1S/C20H32N4O3/c1-15(2)14-27-20(26)22-18-9-5-8-17(11-18)21-19(25)24(4)13-16-7-6-10-23(3)12-16/h5,8-9,11,15-16H,6-7,10,12-14H2,1-4H3,(H,21,25)(H,22,26). The summed E-state index contributed by atoms with van der Waals surface area (Å²) in [6.07, 6.45) is 1.84. The number of likely N-dealkylation sites (tertiary alicyclic amines) is 1. The van der Waals surface area contributed by atoms with Crippen molar-refractivity contribution in [3.05, 3.63) is 24.3 Å². The van der Waals surface area contributed by atoms with E-state index < -0.39 is 6.09 Å². The smallest absolute Gasteiger partial charge is 0.411 e. The maximum Gasteiger partial charge on any atom is 0.411 e. The van der Waals surface area contributed by atoms with Gasteiger partial charge in [0, 0.05) is 31.5 Å². The number of benzene rings is 1. The molecule has 0 aliphatic carbocycles. The minimum Gasteiger partial charge on any atom is -0.449 e. The number of piperidine rings is 1. The summed E-state index contributed by atoms with van der Waals surface area (Å²) in [5, 5.41) is 5.57. The fraction of sp³-hybridized carbons (Fsp3) is 0.600. The van der Waals surface area contributed by atoms with Gasteiger partial charge < -0.3 is 19.9 Å². The fourth-order valence-corrected chi connectivity index (χ4v) is 3.18. The Hall–Kier alpha value is -2.28. The summed E-state index contributed by atoms with van der Waals surface area (Å²) >= 11 is 0. The summed E-state index contributed by atoms with van der Waals surface area (Å²) in [7, 11) is 3.94. The molecule has 1 heterocycles. The van der Waals surface area contributed by atoms with Crippen LogP contribution < -0.4 is 10.6 Å². The molecule has 2 rings (SSSR count). The van der Waals surface area contributed by atoms with E-state index in [0.717, 1.165) is 26.1 Å². The molecule has 1 aliphatic heterocycles. The van der Waals surface area contributed by atoms with Crippen LogP contribution in [0.4, 0.5) is 21.0 Å². The molecule has 0 radical (unpaired) electrons. The van der Waals surface area contributed by atoms with Crippen LogP contribution in [-0.2, 0) is 4.74 Å². The Balaban J connectivity index is 1.85. The van der Waals surface area contributed by atoms with E-state index in [9.17, 15) is 9.59 Å². The van der Waals surface area contributed by atoms with E-state index in [-0.39, 0.29) is 11.9 Å². The van der Waals surface area contributed by atoms with E-state index in [4.69, 9.17) is 4.74 Å². The summed E-state index contributed by atoms with van der Waals surface area (Å²) in [4.78, 5) is 28.3. The monoisotopic (exact) mass is 376 g/mol. The number of carbonyl (C=O) groups is 2. The number of anilines is 2. The van der Waals surface area contributed by atoms with E-state index in [0.29, 0.717) is 23.9 Å². The molecule has 1 fully saturated rings. The zero-order chi connectivity index (χ0) is 19.8. The summed E-state index contributed by atoms with van der Waals surface area (Å²) in [5.41, 5.74) is 1.22. The molecule has 1 aromatic rings. The van der Waals surface area contributed by atoms with Crippen LogP contribution in [0.15, 0.2) is 24.3 Å². The van der Waals surface area contributed by atoms with Crippen LogP contribution >= 0.6 is 0 Å². The topological polar surface area (TPSA) is 73.9 Å². The van der Waals surface area contributed by atoms with Crippen LogP contribution in [0.2, 0.25) is 0 Å². The first-order valence-electron chi connectivity index (χ1n) is 9.58. The maximum absolute atomic E-state index is 12.5. The van der Waals surface area contributed by atoms with Gasteiger partial charge in [-0.15, -0.1) is 0 Å². The normalized spacial score (nSPS) is 17.4. The third kappa shape index (κ3) is 7.46. The zero-order valence-electron chi connectivity index (χ0n) is 16.8. The molecule has 0 bridgehead atoms. The molecule has 7 heteroatoms. The van der Waals surface area contributed by atoms with E-state index in [1.165, 1.54) is 6.42 Å². The first-order chi connectivity index (χ1) is 12.8. The van der Waals surface area contributed by atoms with Crippen molar-refractivity contribution < 1.29 is 14.3 Å². The molecule has 2 N–H and O–H groups in total. The predicted octanol–water partition coefficient (Wildman–Crippen LogP) is 3.70. The highest BCUT2D eigenvalue weighted by molar-refractivity contribution is 5.91. The molecule has 1 aliphatic rings. The number of nitrogens with zero attached hydrogens (tertiary/aromatic N) is 2. The van der Waals surface area contributed by atoms with Gasteiger partial charge in [-0.3, -0.25) is 5.32 Å². The highest BCUT2D eigenvalue weighted by atomic mass is 16.5. The van der Waals surface area contributed by atoms with Crippen LogP contribution in [0, 0.1) is 11.8 Å². The van der Waals surface area contributed by atoms with Crippen molar-refractivity contribution in [2.75, 3.05) is 51.0 Å². The minimum absolute atomic E-state index is 0.150. The summed E-state index contributed by atoms with van der Waals surface area (Å²) < 4.78 is 5.11. The van der Waals surface area contributed by atoms with Crippen molar-refractivity contribution in [2.45, 2.75) is 26.7 Å². The molecule has 1 saturated heterocycles. The molecule has 150 valence electrons.